The first-order valence-electron chi connectivity index (χ1n) is 12.0. The van der Waals surface area contributed by atoms with Gasteiger partial charge in [-0.25, -0.2) is 14.6 Å². The van der Waals surface area contributed by atoms with Crippen molar-refractivity contribution >= 4 is 57.3 Å². The number of allylic oxidation sites excluding steroid dienone is 2. The zero-order valence-corrected chi connectivity index (χ0v) is 23.7. The molecule has 2 N–H and O–H groups in total. The summed E-state index contributed by atoms with van der Waals surface area (Å²) in [6.45, 7) is 7.52. The Kier molecular flexibility index (Phi) is 8.76. The Hall–Kier alpha value is -3.33. The highest BCUT2D eigenvalue weighted by molar-refractivity contribution is 7.14. The van der Waals surface area contributed by atoms with Crippen LogP contribution >= 0.6 is 34.5 Å². The molecule has 2 aromatic carbocycles. The molecule has 0 bridgehead atoms. The Balaban J connectivity index is 1.70. The summed E-state index contributed by atoms with van der Waals surface area (Å²) in [5, 5.41) is 10.1. The highest BCUT2D eigenvalue weighted by atomic mass is 35.5. The predicted octanol–water partition coefficient (Wildman–Crippen LogP) is 7.22. The first-order valence-corrected chi connectivity index (χ1v) is 13.7. The average molecular weight is 573 g/mol. The van der Waals surface area contributed by atoms with Crippen molar-refractivity contribution in [3.05, 3.63) is 86.0 Å². The smallest absolute Gasteiger partial charge is 0.336 e. The molecule has 1 aromatic heterocycles. The molecule has 10 heteroatoms. The third kappa shape index (κ3) is 5.88. The van der Waals surface area contributed by atoms with Gasteiger partial charge in [-0.1, -0.05) is 35.3 Å². The van der Waals surface area contributed by atoms with E-state index in [1.54, 1.807) is 39.8 Å². The number of carbonyl (C=O) groups excluding carboxylic acids is 2. The monoisotopic (exact) mass is 571 g/mol. The van der Waals surface area contributed by atoms with Crippen LogP contribution in [0.1, 0.15) is 39.2 Å². The Bertz CT molecular complexity index is 1410. The van der Waals surface area contributed by atoms with Gasteiger partial charge in [0.1, 0.15) is 0 Å². The maximum Gasteiger partial charge on any atom is 0.336 e. The average Bonchev–Trinajstić information content (AvgIpc) is 3.31. The van der Waals surface area contributed by atoms with Crippen LogP contribution in [0, 0.1) is 0 Å². The summed E-state index contributed by atoms with van der Waals surface area (Å²) in [7, 11) is 0. The van der Waals surface area contributed by atoms with Crippen LogP contribution in [0.5, 0.6) is 0 Å². The Labute approximate surface area is 235 Å². The molecule has 0 spiro atoms. The standard InChI is InChI=1S/C28H27Cl2N3O4S/c1-5-36-26(34)23-15(3)31-16(4)24(27(35)37-6-2)25(23)17-8-7-9-19(12-17)32-28-33-22(14-38-28)20-11-10-18(29)13-21(20)30/h7-14,25,31H,5-6H2,1-4H3,(H,32,33). The number of rotatable bonds is 8. The lowest BCUT2D eigenvalue weighted by molar-refractivity contribution is -0.139. The van der Waals surface area contributed by atoms with E-state index in [2.05, 4.69) is 15.6 Å². The van der Waals surface area contributed by atoms with Gasteiger partial charge in [-0.3, -0.25) is 0 Å². The third-order valence-electron chi connectivity index (χ3n) is 5.93. The number of ether oxygens (including phenoxy) is 2. The normalized spacial score (nSPS) is 13.8. The van der Waals surface area contributed by atoms with Crippen LogP contribution in [-0.2, 0) is 19.1 Å². The minimum absolute atomic E-state index is 0.214. The number of hydrogen-bond acceptors (Lipinski definition) is 8. The number of aromatic nitrogens is 1. The van der Waals surface area contributed by atoms with E-state index in [0.717, 1.165) is 22.5 Å². The summed E-state index contributed by atoms with van der Waals surface area (Å²) in [6.07, 6.45) is 0. The SMILES string of the molecule is CCOC(=O)C1=C(C)NC(C)=C(C(=O)OCC)C1c1cccc(Nc2nc(-c3ccc(Cl)cc3Cl)cs2)c1. The number of nitrogens with zero attached hydrogens (tertiary/aromatic N) is 1. The molecule has 3 aromatic rings. The minimum Gasteiger partial charge on any atom is -0.463 e. The van der Waals surface area contributed by atoms with E-state index in [1.807, 2.05) is 35.7 Å². The van der Waals surface area contributed by atoms with Crippen molar-refractivity contribution in [2.24, 2.45) is 0 Å². The molecule has 38 heavy (non-hydrogen) atoms. The van der Waals surface area contributed by atoms with Gasteiger partial charge >= 0.3 is 11.9 Å². The lowest BCUT2D eigenvalue weighted by Gasteiger charge is -2.30. The van der Waals surface area contributed by atoms with Crippen LogP contribution in [-0.4, -0.2) is 30.1 Å². The minimum atomic E-state index is -0.671. The molecular weight excluding hydrogens is 545 g/mol. The van der Waals surface area contributed by atoms with Crippen molar-refractivity contribution in [2.45, 2.75) is 33.6 Å². The number of carbonyl (C=O) groups is 2. The maximum absolute atomic E-state index is 13.0. The summed E-state index contributed by atoms with van der Waals surface area (Å²) in [5.74, 6) is -1.64. The van der Waals surface area contributed by atoms with Gasteiger partial charge in [-0.15, -0.1) is 11.3 Å². The molecule has 2 heterocycles. The van der Waals surface area contributed by atoms with Crippen molar-refractivity contribution in [2.75, 3.05) is 18.5 Å². The lowest BCUT2D eigenvalue weighted by atomic mass is 9.80. The molecule has 0 unspecified atom stereocenters. The number of nitrogens with one attached hydrogen (secondary N) is 2. The predicted molar refractivity (Wildman–Crippen MR) is 152 cm³/mol. The fourth-order valence-electron chi connectivity index (χ4n) is 4.36. The van der Waals surface area contributed by atoms with Gasteiger partial charge in [-0.2, -0.15) is 0 Å². The zero-order valence-electron chi connectivity index (χ0n) is 21.4. The second-order valence-corrected chi connectivity index (χ2v) is 10.2. The van der Waals surface area contributed by atoms with Crippen molar-refractivity contribution < 1.29 is 19.1 Å². The van der Waals surface area contributed by atoms with Gasteiger partial charge in [0.2, 0.25) is 0 Å². The van der Waals surface area contributed by atoms with E-state index >= 15 is 0 Å². The van der Waals surface area contributed by atoms with E-state index in [9.17, 15) is 9.59 Å². The molecule has 1 aliphatic rings. The second kappa shape index (κ2) is 12.0. The largest absolute Gasteiger partial charge is 0.463 e. The fourth-order valence-corrected chi connectivity index (χ4v) is 5.59. The number of anilines is 2. The zero-order chi connectivity index (χ0) is 27.4. The van der Waals surface area contributed by atoms with Crippen LogP contribution in [0.15, 0.2) is 70.4 Å². The van der Waals surface area contributed by atoms with E-state index in [4.69, 9.17) is 32.7 Å². The summed E-state index contributed by atoms with van der Waals surface area (Å²) >= 11 is 13.8. The molecule has 1 aliphatic heterocycles. The van der Waals surface area contributed by atoms with Crippen molar-refractivity contribution in [3.8, 4) is 11.3 Å². The molecule has 0 aliphatic carbocycles. The molecule has 0 atom stereocenters. The number of halogens is 2. The van der Waals surface area contributed by atoms with Gasteiger partial charge in [-0.05, 0) is 63.6 Å². The van der Waals surface area contributed by atoms with Crippen molar-refractivity contribution in [1.29, 1.82) is 0 Å². The number of esters is 2. The molecule has 4 rings (SSSR count). The highest BCUT2D eigenvalue weighted by Gasteiger charge is 2.38. The molecule has 0 amide bonds. The first kappa shape index (κ1) is 27.7. The molecule has 0 radical (unpaired) electrons. The van der Waals surface area contributed by atoms with Crippen LogP contribution < -0.4 is 10.6 Å². The van der Waals surface area contributed by atoms with Gasteiger partial charge in [0.05, 0.1) is 41.0 Å². The summed E-state index contributed by atoms with van der Waals surface area (Å²) in [6, 6.07) is 12.8. The molecule has 7 nitrogen and oxygen atoms in total. The fraction of sp³-hybridized carbons (Fsp3) is 0.250. The highest BCUT2D eigenvalue weighted by Crippen LogP contribution is 2.40. The van der Waals surface area contributed by atoms with Crippen LogP contribution in [0.4, 0.5) is 10.8 Å². The molecule has 0 fully saturated rings. The quantitative estimate of drug-likeness (QED) is 0.276. The van der Waals surface area contributed by atoms with E-state index in [1.165, 1.54) is 11.3 Å². The number of benzene rings is 2. The molecule has 198 valence electrons. The third-order valence-corrected chi connectivity index (χ3v) is 7.24. The Morgan fingerprint density at radius 2 is 1.66 bits per heavy atom. The summed E-state index contributed by atoms with van der Waals surface area (Å²) < 4.78 is 10.7. The lowest BCUT2D eigenvalue weighted by Crippen LogP contribution is -2.32. The number of dihydropyridines is 1. The Morgan fingerprint density at radius 1 is 1.00 bits per heavy atom. The van der Waals surface area contributed by atoms with Crippen molar-refractivity contribution in [1.82, 2.24) is 10.3 Å². The van der Waals surface area contributed by atoms with Gasteiger partial charge in [0, 0.05) is 33.0 Å². The van der Waals surface area contributed by atoms with Gasteiger partial charge < -0.3 is 20.1 Å². The van der Waals surface area contributed by atoms with Crippen LogP contribution in [0.3, 0.4) is 0 Å². The van der Waals surface area contributed by atoms with Gasteiger partial charge in [0.25, 0.3) is 0 Å². The van der Waals surface area contributed by atoms with E-state index in [0.29, 0.717) is 37.7 Å². The molecule has 0 saturated carbocycles. The first-order chi connectivity index (χ1) is 18.2. The molecular formula is C28H27Cl2N3O4S. The van der Waals surface area contributed by atoms with E-state index in [-0.39, 0.29) is 13.2 Å². The van der Waals surface area contributed by atoms with Crippen LogP contribution in [0.25, 0.3) is 11.3 Å². The second-order valence-electron chi connectivity index (χ2n) is 8.49. The Morgan fingerprint density at radius 3 is 2.26 bits per heavy atom. The molecule has 0 saturated heterocycles. The van der Waals surface area contributed by atoms with Crippen molar-refractivity contribution in [3.63, 3.8) is 0 Å². The summed E-state index contributed by atoms with van der Waals surface area (Å²) in [4.78, 5) is 30.8. The van der Waals surface area contributed by atoms with E-state index < -0.39 is 17.9 Å². The number of hydrogen-bond donors (Lipinski definition) is 2. The maximum atomic E-state index is 13.0. The number of thiazole rings is 1. The van der Waals surface area contributed by atoms with Crippen LogP contribution in [0.2, 0.25) is 10.0 Å². The topological polar surface area (TPSA) is 89.5 Å². The van der Waals surface area contributed by atoms with Gasteiger partial charge in [0.15, 0.2) is 5.13 Å². The summed E-state index contributed by atoms with van der Waals surface area (Å²) in [5.41, 5.74) is 4.97.